The lowest BCUT2D eigenvalue weighted by molar-refractivity contribution is -0.386. The number of nitro groups is 1. The van der Waals surface area contributed by atoms with E-state index in [0.29, 0.717) is 22.1 Å². The van der Waals surface area contributed by atoms with Crippen LogP contribution in [-0.4, -0.2) is 9.91 Å². The Morgan fingerprint density at radius 1 is 1.43 bits per heavy atom. The standard InChI is InChI=1S/C13H13ClN4O3/c1-8-3-2-4-11(18(19)20)13(8)21-7-10-9(14)5-6-12(16-10)17-15/h2-6H,7,15H2,1H3,(H,16,17). The second kappa shape index (κ2) is 6.38. The zero-order valence-electron chi connectivity index (χ0n) is 11.2. The van der Waals surface area contributed by atoms with Crippen molar-refractivity contribution in [2.75, 3.05) is 5.43 Å². The molecule has 0 atom stereocenters. The van der Waals surface area contributed by atoms with Crippen LogP contribution in [0.25, 0.3) is 0 Å². The average molecular weight is 309 g/mol. The van der Waals surface area contributed by atoms with Crippen molar-refractivity contribution in [3.8, 4) is 5.75 Å². The number of hydrazine groups is 1. The first kappa shape index (κ1) is 15.0. The molecule has 0 aliphatic heterocycles. The Labute approximate surface area is 125 Å². The summed E-state index contributed by atoms with van der Waals surface area (Å²) in [6, 6.07) is 7.95. The minimum absolute atomic E-state index is 0.0000463. The second-order valence-corrected chi connectivity index (χ2v) is 4.65. The number of benzene rings is 1. The van der Waals surface area contributed by atoms with E-state index in [9.17, 15) is 10.1 Å². The molecule has 0 bridgehead atoms. The molecule has 0 unspecified atom stereocenters. The van der Waals surface area contributed by atoms with Crippen LogP contribution in [0.2, 0.25) is 5.02 Å². The maximum absolute atomic E-state index is 11.0. The molecule has 1 aromatic heterocycles. The maximum atomic E-state index is 11.0. The van der Waals surface area contributed by atoms with E-state index in [1.165, 1.54) is 6.07 Å². The monoisotopic (exact) mass is 308 g/mol. The maximum Gasteiger partial charge on any atom is 0.311 e. The number of pyridine rings is 1. The van der Waals surface area contributed by atoms with E-state index in [1.54, 1.807) is 31.2 Å². The topological polar surface area (TPSA) is 103 Å². The van der Waals surface area contributed by atoms with Crippen molar-refractivity contribution in [3.63, 3.8) is 0 Å². The number of nitrogen functional groups attached to an aromatic ring is 1. The summed E-state index contributed by atoms with van der Waals surface area (Å²) < 4.78 is 5.54. The number of halogens is 1. The number of aromatic nitrogens is 1. The van der Waals surface area contributed by atoms with Gasteiger partial charge in [-0.25, -0.2) is 10.8 Å². The van der Waals surface area contributed by atoms with Gasteiger partial charge >= 0.3 is 5.69 Å². The van der Waals surface area contributed by atoms with Crippen molar-refractivity contribution >= 4 is 23.1 Å². The van der Waals surface area contributed by atoms with Crippen molar-refractivity contribution in [1.82, 2.24) is 4.98 Å². The Hall–Kier alpha value is -2.38. The molecule has 3 N–H and O–H groups in total. The van der Waals surface area contributed by atoms with Crippen LogP contribution < -0.4 is 16.0 Å². The molecule has 7 nitrogen and oxygen atoms in total. The van der Waals surface area contributed by atoms with Crippen molar-refractivity contribution < 1.29 is 9.66 Å². The molecule has 0 spiro atoms. The van der Waals surface area contributed by atoms with Gasteiger partial charge in [-0.3, -0.25) is 10.1 Å². The molecule has 2 rings (SSSR count). The van der Waals surface area contributed by atoms with E-state index in [1.807, 2.05) is 0 Å². The molecule has 0 aliphatic rings. The third-order valence-electron chi connectivity index (χ3n) is 2.81. The van der Waals surface area contributed by atoms with Crippen LogP contribution in [0, 0.1) is 17.0 Å². The van der Waals surface area contributed by atoms with E-state index in [-0.39, 0.29) is 18.0 Å². The van der Waals surface area contributed by atoms with Crippen molar-refractivity contribution in [1.29, 1.82) is 0 Å². The third-order valence-corrected chi connectivity index (χ3v) is 3.15. The summed E-state index contributed by atoms with van der Waals surface area (Å²) in [5, 5.41) is 11.4. The van der Waals surface area contributed by atoms with E-state index in [2.05, 4.69) is 10.4 Å². The highest BCUT2D eigenvalue weighted by molar-refractivity contribution is 6.31. The fraction of sp³-hybridized carbons (Fsp3) is 0.154. The molecule has 8 heteroatoms. The van der Waals surface area contributed by atoms with Gasteiger partial charge in [0.1, 0.15) is 12.4 Å². The molecular weight excluding hydrogens is 296 g/mol. The van der Waals surface area contributed by atoms with Crippen LogP contribution in [0.5, 0.6) is 5.75 Å². The van der Waals surface area contributed by atoms with Crippen LogP contribution in [0.3, 0.4) is 0 Å². The van der Waals surface area contributed by atoms with Gasteiger partial charge in [0.15, 0.2) is 5.75 Å². The number of nitrogens with one attached hydrogen (secondary N) is 1. The first-order valence-electron chi connectivity index (χ1n) is 6.01. The number of rotatable bonds is 5. The van der Waals surface area contributed by atoms with E-state index >= 15 is 0 Å². The Morgan fingerprint density at radius 2 is 2.19 bits per heavy atom. The lowest BCUT2D eigenvalue weighted by Crippen LogP contribution is -2.10. The summed E-state index contributed by atoms with van der Waals surface area (Å²) in [6.07, 6.45) is 0. The molecule has 0 saturated carbocycles. The summed E-state index contributed by atoms with van der Waals surface area (Å²) in [7, 11) is 0. The summed E-state index contributed by atoms with van der Waals surface area (Å²) in [5.41, 5.74) is 3.40. The summed E-state index contributed by atoms with van der Waals surface area (Å²) in [4.78, 5) is 14.7. The number of hydrogen-bond acceptors (Lipinski definition) is 6. The highest BCUT2D eigenvalue weighted by atomic mass is 35.5. The molecule has 0 amide bonds. The highest BCUT2D eigenvalue weighted by Gasteiger charge is 2.17. The minimum Gasteiger partial charge on any atom is -0.480 e. The smallest absolute Gasteiger partial charge is 0.311 e. The Balaban J connectivity index is 2.26. The number of para-hydroxylation sites is 1. The van der Waals surface area contributed by atoms with E-state index in [4.69, 9.17) is 22.2 Å². The Kier molecular flexibility index (Phi) is 4.56. The fourth-order valence-corrected chi connectivity index (χ4v) is 1.93. The molecule has 110 valence electrons. The van der Waals surface area contributed by atoms with Gasteiger partial charge in [0.05, 0.1) is 15.6 Å². The number of nitrogens with two attached hydrogens (primary N) is 1. The molecule has 2 aromatic rings. The number of nitro benzene ring substituents is 1. The van der Waals surface area contributed by atoms with Gasteiger partial charge in [-0.15, -0.1) is 0 Å². The molecular formula is C13H13ClN4O3. The van der Waals surface area contributed by atoms with Crippen molar-refractivity contribution in [3.05, 3.63) is 56.7 Å². The minimum atomic E-state index is -0.491. The first-order valence-corrected chi connectivity index (χ1v) is 6.39. The third kappa shape index (κ3) is 3.39. The fourth-order valence-electron chi connectivity index (χ4n) is 1.78. The second-order valence-electron chi connectivity index (χ2n) is 4.24. The van der Waals surface area contributed by atoms with E-state index in [0.717, 1.165) is 0 Å². The largest absolute Gasteiger partial charge is 0.480 e. The van der Waals surface area contributed by atoms with Crippen LogP contribution in [0.15, 0.2) is 30.3 Å². The number of aryl methyl sites for hydroxylation is 1. The zero-order chi connectivity index (χ0) is 15.4. The number of hydrogen-bond donors (Lipinski definition) is 2. The van der Waals surface area contributed by atoms with Crippen LogP contribution in [0.1, 0.15) is 11.3 Å². The summed E-state index contributed by atoms with van der Waals surface area (Å²) in [5.74, 6) is 5.91. The SMILES string of the molecule is Cc1cccc([N+](=O)[O-])c1OCc1nc(NN)ccc1Cl. The summed E-state index contributed by atoms with van der Waals surface area (Å²) >= 11 is 6.02. The van der Waals surface area contributed by atoms with Gasteiger partial charge < -0.3 is 10.2 Å². The van der Waals surface area contributed by atoms with Gasteiger partial charge in [-0.1, -0.05) is 23.7 Å². The average Bonchev–Trinajstić information content (AvgIpc) is 2.47. The van der Waals surface area contributed by atoms with Gasteiger partial charge in [-0.05, 0) is 24.6 Å². The van der Waals surface area contributed by atoms with Crippen molar-refractivity contribution in [2.45, 2.75) is 13.5 Å². The van der Waals surface area contributed by atoms with Crippen molar-refractivity contribution in [2.24, 2.45) is 5.84 Å². The predicted octanol–water partition coefficient (Wildman–Crippen LogP) is 2.82. The van der Waals surface area contributed by atoms with Crippen LogP contribution in [-0.2, 0) is 6.61 Å². The first-order chi connectivity index (χ1) is 10.0. The van der Waals surface area contributed by atoms with E-state index < -0.39 is 4.92 Å². The van der Waals surface area contributed by atoms with Crippen LogP contribution >= 0.6 is 11.6 Å². The van der Waals surface area contributed by atoms with Gasteiger partial charge in [-0.2, -0.15) is 0 Å². The zero-order valence-corrected chi connectivity index (χ0v) is 11.9. The molecule has 0 aliphatic carbocycles. The molecule has 0 radical (unpaired) electrons. The lowest BCUT2D eigenvalue weighted by Gasteiger charge is -2.10. The van der Waals surface area contributed by atoms with Crippen LogP contribution in [0.4, 0.5) is 11.5 Å². The summed E-state index contributed by atoms with van der Waals surface area (Å²) in [6.45, 7) is 1.73. The van der Waals surface area contributed by atoms with Gasteiger partial charge in [0, 0.05) is 6.07 Å². The lowest BCUT2D eigenvalue weighted by atomic mass is 10.2. The number of ether oxygens (including phenoxy) is 1. The molecule has 1 aromatic carbocycles. The normalized spacial score (nSPS) is 10.2. The molecule has 0 fully saturated rings. The molecule has 1 heterocycles. The highest BCUT2D eigenvalue weighted by Crippen LogP contribution is 2.31. The van der Waals surface area contributed by atoms with Gasteiger partial charge in [0.25, 0.3) is 0 Å². The predicted molar refractivity (Wildman–Crippen MR) is 79.2 cm³/mol. The Morgan fingerprint density at radius 3 is 2.86 bits per heavy atom. The quantitative estimate of drug-likeness (QED) is 0.500. The molecule has 21 heavy (non-hydrogen) atoms. The number of nitrogens with zero attached hydrogens (tertiary/aromatic N) is 2. The molecule has 0 saturated heterocycles. The van der Waals surface area contributed by atoms with Gasteiger partial charge in [0.2, 0.25) is 0 Å². The Bertz CT molecular complexity index is 678. The number of anilines is 1.